The first kappa shape index (κ1) is 18.5. The fourth-order valence-electron chi connectivity index (χ4n) is 3.87. The first-order chi connectivity index (χ1) is 15.1. The van der Waals surface area contributed by atoms with Gasteiger partial charge in [0.1, 0.15) is 17.2 Å². The Labute approximate surface area is 176 Å². The Balaban J connectivity index is 1.72. The van der Waals surface area contributed by atoms with Crippen LogP contribution in [0.5, 0.6) is 5.75 Å². The zero-order valence-electron chi connectivity index (χ0n) is 16.2. The van der Waals surface area contributed by atoms with Crippen LogP contribution >= 0.6 is 0 Å². The standard InChI is InChI=1S/C24H16N4O3/c25-11-18-20(14-5-3-13(4-6-14)15-2-1-9-28-12-15)21-22(31-23(18)27)17-10-16(26)7-8-19(17)30-24(21)29/h1-10,12,20H,26-27H2. The number of rotatable bonds is 2. The number of nitrogens with zero attached hydrogens (tertiary/aromatic N) is 2. The Bertz CT molecular complexity index is 1450. The van der Waals surface area contributed by atoms with Gasteiger partial charge in [0.05, 0.1) is 16.9 Å². The van der Waals surface area contributed by atoms with Gasteiger partial charge in [0.15, 0.2) is 5.75 Å². The lowest BCUT2D eigenvalue weighted by molar-refractivity contribution is 0.388. The van der Waals surface area contributed by atoms with Gasteiger partial charge in [0.25, 0.3) is 0 Å². The summed E-state index contributed by atoms with van der Waals surface area (Å²) < 4.78 is 11.3. The summed E-state index contributed by atoms with van der Waals surface area (Å²) in [6.45, 7) is 0. The van der Waals surface area contributed by atoms with E-state index >= 15 is 0 Å². The molecule has 4 aromatic rings. The number of anilines is 1. The Kier molecular flexibility index (Phi) is 4.19. The normalized spacial score (nSPS) is 15.3. The van der Waals surface area contributed by atoms with Crippen LogP contribution < -0.4 is 21.8 Å². The zero-order chi connectivity index (χ0) is 21.5. The van der Waals surface area contributed by atoms with E-state index in [2.05, 4.69) is 11.1 Å². The number of hydrogen-bond acceptors (Lipinski definition) is 7. The molecule has 3 heterocycles. The second-order valence-corrected chi connectivity index (χ2v) is 7.18. The van der Waals surface area contributed by atoms with Crippen molar-refractivity contribution in [2.45, 2.75) is 5.92 Å². The summed E-state index contributed by atoms with van der Waals surface area (Å²) in [6, 6.07) is 18.3. The molecule has 0 saturated heterocycles. The Morgan fingerprint density at radius 1 is 1.03 bits per heavy atom. The predicted molar refractivity (Wildman–Crippen MR) is 116 cm³/mol. The molecule has 2 aromatic heterocycles. The molecule has 1 aliphatic rings. The first-order valence-electron chi connectivity index (χ1n) is 9.51. The van der Waals surface area contributed by atoms with Crippen molar-refractivity contribution >= 4 is 16.7 Å². The van der Waals surface area contributed by atoms with Crippen LogP contribution in [0.4, 0.5) is 5.69 Å². The van der Waals surface area contributed by atoms with E-state index in [-0.39, 0.29) is 22.8 Å². The molecule has 2 aromatic carbocycles. The lowest BCUT2D eigenvalue weighted by atomic mass is 9.83. The van der Waals surface area contributed by atoms with Crippen LogP contribution in [0.25, 0.3) is 22.1 Å². The molecule has 31 heavy (non-hydrogen) atoms. The van der Waals surface area contributed by atoms with Gasteiger partial charge in [0.2, 0.25) is 5.88 Å². The second-order valence-electron chi connectivity index (χ2n) is 7.18. The third-order valence-corrected chi connectivity index (χ3v) is 5.33. The van der Waals surface area contributed by atoms with E-state index in [1.807, 2.05) is 36.4 Å². The number of fused-ring (bicyclic) bond motifs is 3. The molecule has 1 atom stereocenters. The second kappa shape index (κ2) is 7.04. The zero-order valence-corrected chi connectivity index (χ0v) is 16.2. The van der Waals surface area contributed by atoms with Crippen LogP contribution in [-0.4, -0.2) is 4.98 Å². The summed E-state index contributed by atoms with van der Waals surface area (Å²) in [5, 5.41) is 10.3. The van der Waals surface area contributed by atoms with Crippen LogP contribution in [0.1, 0.15) is 17.0 Å². The SMILES string of the molecule is N#CC1=C(N)Oc2c(c(=O)oc3ccc(N)cc23)C1c1ccc(-c2cccnc2)cc1. The molecule has 150 valence electrons. The van der Waals surface area contributed by atoms with Crippen molar-refractivity contribution in [1.82, 2.24) is 4.98 Å². The van der Waals surface area contributed by atoms with Crippen molar-refractivity contribution in [3.63, 3.8) is 0 Å². The Morgan fingerprint density at radius 2 is 1.84 bits per heavy atom. The smallest absolute Gasteiger partial charge is 0.344 e. The van der Waals surface area contributed by atoms with E-state index in [1.54, 1.807) is 30.6 Å². The van der Waals surface area contributed by atoms with Crippen LogP contribution in [0.2, 0.25) is 0 Å². The summed E-state index contributed by atoms with van der Waals surface area (Å²) in [5.74, 6) is -0.513. The molecule has 4 N–H and O–H groups in total. The Hall–Kier alpha value is -4.57. The summed E-state index contributed by atoms with van der Waals surface area (Å²) in [7, 11) is 0. The third-order valence-electron chi connectivity index (χ3n) is 5.33. The summed E-state index contributed by atoms with van der Waals surface area (Å²) in [6.07, 6.45) is 3.47. The maximum atomic E-state index is 12.9. The van der Waals surface area contributed by atoms with E-state index in [4.69, 9.17) is 20.6 Å². The van der Waals surface area contributed by atoms with Crippen LogP contribution in [-0.2, 0) is 0 Å². The number of allylic oxidation sites excluding steroid dienone is 1. The molecule has 0 fully saturated rings. The van der Waals surface area contributed by atoms with Crippen molar-refractivity contribution in [3.05, 3.63) is 100.0 Å². The van der Waals surface area contributed by atoms with Crippen molar-refractivity contribution in [2.24, 2.45) is 5.73 Å². The fraction of sp³-hybridized carbons (Fsp3) is 0.0417. The van der Waals surface area contributed by atoms with Gasteiger partial charge >= 0.3 is 5.63 Å². The number of pyridine rings is 1. The van der Waals surface area contributed by atoms with E-state index in [9.17, 15) is 10.1 Å². The van der Waals surface area contributed by atoms with Gasteiger partial charge in [-0.3, -0.25) is 4.98 Å². The topological polar surface area (TPSA) is 128 Å². The highest BCUT2D eigenvalue weighted by atomic mass is 16.5. The first-order valence-corrected chi connectivity index (χ1v) is 9.51. The number of ether oxygens (including phenoxy) is 1. The fourth-order valence-corrected chi connectivity index (χ4v) is 3.87. The van der Waals surface area contributed by atoms with Gasteiger partial charge in [-0.1, -0.05) is 30.3 Å². The third kappa shape index (κ3) is 2.98. The minimum Gasteiger partial charge on any atom is -0.439 e. The van der Waals surface area contributed by atoms with Crippen LogP contribution in [0.3, 0.4) is 0 Å². The van der Waals surface area contributed by atoms with Gasteiger partial charge in [0, 0.05) is 18.1 Å². The minimum absolute atomic E-state index is 0.0503. The molecular weight excluding hydrogens is 392 g/mol. The van der Waals surface area contributed by atoms with Gasteiger partial charge in [-0.2, -0.15) is 5.26 Å². The molecule has 1 unspecified atom stereocenters. The molecule has 1 aliphatic heterocycles. The average molecular weight is 408 g/mol. The highest BCUT2D eigenvalue weighted by Gasteiger charge is 2.35. The number of benzene rings is 2. The van der Waals surface area contributed by atoms with Crippen LogP contribution in [0, 0.1) is 11.3 Å². The van der Waals surface area contributed by atoms with Gasteiger partial charge in [-0.25, -0.2) is 4.79 Å². The van der Waals surface area contributed by atoms with E-state index < -0.39 is 11.5 Å². The summed E-state index contributed by atoms with van der Waals surface area (Å²) in [4.78, 5) is 17.1. The highest BCUT2D eigenvalue weighted by Crippen LogP contribution is 2.44. The van der Waals surface area contributed by atoms with E-state index in [1.165, 1.54) is 0 Å². The molecular formula is C24H16N4O3. The molecule has 0 saturated carbocycles. The van der Waals surface area contributed by atoms with Crippen molar-refractivity contribution in [2.75, 3.05) is 5.73 Å². The molecule has 5 rings (SSSR count). The summed E-state index contributed by atoms with van der Waals surface area (Å²) in [5.41, 5.74) is 15.2. The molecule has 7 heteroatoms. The Morgan fingerprint density at radius 3 is 2.55 bits per heavy atom. The van der Waals surface area contributed by atoms with Gasteiger partial charge < -0.3 is 20.6 Å². The van der Waals surface area contributed by atoms with Gasteiger partial charge in [-0.15, -0.1) is 0 Å². The number of nitriles is 1. The maximum absolute atomic E-state index is 12.9. The number of aromatic nitrogens is 1. The number of nitrogen functional groups attached to an aromatic ring is 1. The average Bonchev–Trinajstić information content (AvgIpc) is 2.79. The van der Waals surface area contributed by atoms with Crippen molar-refractivity contribution in [3.8, 4) is 22.9 Å². The molecule has 0 spiro atoms. The number of nitrogens with two attached hydrogens (primary N) is 2. The summed E-state index contributed by atoms with van der Waals surface area (Å²) >= 11 is 0. The lowest BCUT2D eigenvalue weighted by Gasteiger charge is -2.26. The maximum Gasteiger partial charge on any atom is 0.344 e. The highest BCUT2D eigenvalue weighted by molar-refractivity contribution is 5.88. The lowest BCUT2D eigenvalue weighted by Crippen LogP contribution is -2.26. The van der Waals surface area contributed by atoms with E-state index in [0.717, 1.165) is 11.1 Å². The minimum atomic E-state index is -0.723. The largest absolute Gasteiger partial charge is 0.439 e. The molecule has 0 radical (unpaired) electrons. The predicted octanol–water partition coefficient (Wildman–Crippen LogP) is 3.66. The quantitative estimate of drug-likeness (QED) is 0.383. The molecule has 0 aliphatic carbocycles. The molecule has 7 nitrogen and oxygen atoms in total. The van der Waals surface area contributed by atoms with Gasteiger partial charge in [-0.05, 0) is 41.0 Å². The molecule has 0 bridgehead atoms. The van der Waals surface area contributed by atoms with E-state index in [0.29, 0.717) is 22.2 Å². The number of hydrogen-bond donors (Lipinski definition) is 2. The monoisotopic (exact) mass is 408 g/mol. The van der Waals surface area contributed by atoms with Crippen molar-refractivity contribution < 1.29 is 9.15 Å². The molecule has 0 amide bonds. The van der Waals surface area contributed by atoms with Crippen LogP contribution in [0.15, 0.2) is 87.7 Å². The van der Waals surface area contributed by atoms with Crippen molar-refractivity contribution in [1.29, 1.82) is 5.26 Å².